The van der Waals surface area contributed by atoms with Crippen LogP contribution in [0.3, 0.4) is 0 Å². The zero-order valence-electron chi connectivity index (χ0n) is 20.9. The van der Waals surface area contributed by atoms with Gasteiger partial charge in [-0.2, -0.15) is 0 Å². The fourth-order valence-electron chi connectivity index (χ4n) is 4.27. The Morgan fingerprint density at radius 2 is 1.74 bits per heavy atom. The number of carbonyl (C=O) groups excluding carboxylic acids is 2. The molecule has 34 heavy (non-hydrogen) atoms. The lowest BCUT2D eigenvalue weighted by atomic mass is 9.93. The van der Waals surface area contributed by atoms with E-state index in [1.807, 2.05) is 65.0 Å². The monoisotopic (exact) mass is 465 g/mol. The van der Waals surface area contributed by atoms with Gasteiger partial charge < -0.3 is 19.5 Å². The summed E-state index contributed by atoms with van der Waals surface area (Å²) in [6, 6.07) is 12.0. The summed E-state index contributed by atoms with van der Waals surface area (Å²) in [5, 5.41) is 11.3. The van der Waals surface area contributed by atoms with E-state index < -0.39 is 17.7 Å². The van der Waals surface area contributed by atoms with Crippen molar-refractivity contribution >= 4 is 17.4 Å². The number of Topliss-reactive ketones (excluding diaryl/α,β-unsaturated/α-hetero) is 1. The molecule has 182 valence electrons. The number of rotatable bonds is 9. The normalized spacial score (nSPS) is 17.6. The van der Waals surface area contributed by atoms with Crippen LogP contribution in [-0.4, -0.2) is 41.5 Å². The molecule has 0 saturated carbocycles. The lowest BCUT2D eigenvalue weighted by Gasteiger charge is -2.25. The molecular weight excluding hydrogens is 430 g/mol. The van der Waals surface area contributed by atoms with Gasteiger partial charge in [-0.25, -0.2) is 0 Å². The average molecular weight is 466 g/mol. The number of benzene rings is 2. The van der Waals surface area contributed by atoms with Gasteiger partial charge in [0.2, 0.25) is 0 Å². The SMILES string of the molecule is CCCCN1C(=O)C(=O)/C(=C(\O)c2ccc(OC)c(C(C)C)c2)C1c1ccc(OC(C)C)cc1. The van der Waals surface area contributed by atoms with Gasteiger partial charge in [0.1, 0.15) is 17.3 Å². The van der Waals surface area contributed by atoms with Crippen molar-refractivity contribution in [3.8, 4) is 11.5 Å². The highest BCUT2D eigenvalue weighted by atomic mass is 16.5. The summed E-state index contributed by atoms with van der Waals surface area (Å²) in [6.07, 6.45) is 1.68. The lowest BCUT2D eigenvalue weighted by molar-refractivity contribution is -0.139. The van der Waals surface area contributed by atoms with E-state index in [4.69, 9.17) is 9.47 Å². The molecule has 1 N–H and O–H groups in total. The van der Waals surface area contributed by atoms with E-state index in [2.05, 4.69) is 0 Å². The number of carbonyl (C=O) groups is 2. The second-order valence-electron chi connectivity index (χ2n) is 9.19. The summed E-state index contributed by atoms with van der Waals surface area (Å²) in [5.41, 5.74) is 2.27. The van der Waals surface area contributed by atoms with E-state index >= 15 is 0 Å². The number of unbranched alkanes of at least 4 members (excludes halogenated alkanes) is 1. The molecule has 0 bridgehead atoms. The Bertz CT molecular complexity index is 1070. The van der Waals surface area contributed by atoms with Crippen molar-refractivity contribution in [2.45, 2.75) is 65.5 Å². The van der Waals surface area contributed by atoms with Crippen LogP contribution >= 0.6 is 0 Å². The minimum absolute atomic E-state index is 0.0336. The van der Waals surface area contributed by atoms with Gasteiger partial charge in [0.25, 0.3) is 11.7 Å². The van der Waals surface area contributed by atoms with E-state index in [-0.39, 0.29) is 23.4 Å². The fraction of sp³-hybridized carbons (Fsp3) is 0.429. The topological polar surface area (TPSA) is 76.1 Å². The molecule has 0 radical (unpaired) electrons. The zero-order chi connectivity index (χ0) is 25.0. The van der Waals surface area contributed by atoms with Gasteiger partial charge in [-0.05, 0) is 67.6 Å². The number of aliphatic hydroxyl groups is 1. The van der Waals surface area contributed by atoms with Crippen molar-refractivity contribution < 1.29 is 24.2 Å². The van der Waals surface area contributed by atoms with Crippen molar-refractivity contribution in [2.75, 3.05) is 13.7 Å². The van der Waals surface area contributed by atoms with E-state index in [0.29, 0.717) is 23.6 Å². The van der Waals surface area contributed by atoms with Crippen LogP contribution in [0.1, 0.15) is 76.1 Å². The summed E-state index contributed by atoms with van der Waals surface area (Å²) in [5.74, 6) is 0.157. The van der Waals surface area contributed by atoms with Gasteiger partial charge >= 0.3 is 0 Å². The van der Waals surface area contributed by atoms with Gasteiger partial charge in [0.15, 0.2) is 0 Å². The number of amides is 1. The minimum atomic E-state index is -0.664. The molecule has 0 aliphatic carbocycles. The number of hydrogen-bond donors (Lipinski definition) is 1. The summed E-state index contributed by atoms with van der Waals surface area (Å²) < 4.78 is 11.2. The Labute approximate surface area is 202 Å². The summed E-state index contributed by atoms with van der Waals surface area (Å²) >= 11 is 0. The molecule has 2 aromatic rings. The van der Waals surface area contributed by atoms with Crippen LogP contribution in [0, 0.1) is 0 Å². The maximum atomic E-state index is 13.2. The Morgan fingerprint density at radius 1 is 1.06 bits per heavy atom. The summed E-state index contributed by atoms with van der Waals surface area (Å²) in [7, 11) is 1.60. The van der Waals surface area contributed by atoms with E-state index in [9.17, 15) is 14.7 Å². The average Bonchev–Trinajstić information content (AvgIpc) is 3.06. The van der Waals surface area contributed by atoms with Crippen LogP contribution in [-0.2, 0) is 9.59 Å². The number of hydrogen-bond acceptors (Lipinski definition) is 5. The second kappa shape index (κ2) is 10.8. The molecule has 0 aromatic heterocycles. The predicted octanol–water partition coefficient (Wildman–Crippen LogP) is 5.83. The molecule has 1 atom stereocenters. The second-order valence-corrected chi connectivity index (χ2v) is 9.19. The van der Waals surface area contributed by atoms with Crippen LogP contribution in [0.2, 0.25) is 0 Å². The number of likely N-dealkylation sites (tertiary alicyclic amines) is 1. The zero-order valence-corrected chi connectivity index (χ0v) is 20.9. The third-order valence-electron chi connectivity index (χ3n) is 5.99. The molecule has 1 aliphatic heterocycles. The van der Waals surface area contributed by atoms with Crippen LogP contribution in [0.15, 0.2) is 48.0 Å². The fourth-order valence-corrected chi connectivity index (χ4v) is 4.27. The third kappa shape index (κ3) is 5.11. The van der Waals surface area contributed by atoms with Crippen LogP contribution in [0.4, 0.5) is 0 Å². The van der Waals surface area contributed by atoms with E-state index in [1.165, 1.54) is 0 Å². The molecule has 1 saturated heterocycles. The van der Waals surface area contributed by atoms with Crippen LogP contribution in [0.25, 0.3) is 5.76 Å². The number of aliphatic hydroxyl groups excluding tert-OH is 1. The molecule has 1 heterocycles. The molecule has 1 aliphatic rings. The van der Waals surface area contributed by atoms with Crippen molar-refractivity contribution in [2.24, 2.45) is 0 Å². The highest BCUT2D eigenvalue weighted by Gasteiger charge is 2.45. The van der Waals surface area contributed by atoms with Gasteiger partial charge in [-0.1, -0.05) is 39.3 Å². The Morgan fingerprint density at radius 3 is 2.29 bits per heavy atom. The van der Waals surface area contributed by atoms with Crippen LogP contribution < -0.4 is 9.47 Å². The number of methoxy groups -OCH3 is 1. The quantitative estimate of drug-likeness (QED) is 0.287. The first-order chi connectivity index (χ1) is 16.2. The van der Waals surface area contributed by atoms with Crippen molar-refractivity contribution in [3.05, 3.63) is 64.7 Å². The molecule has 2 aromatic carbocycles. The first kappa shape index (κ1) is 25.3. The number of ether oxygens (including phenoxy) is 2. The molecular formula is C28H35NO5. The highest BCUT2D eigenvalue weighted by Crippen LogP contribution is 2.41. The maximum Gasteiger partial charge on any atom is 0.295 e. The van der Waals surface area contributed by atoms with Gasteiger partial charge in [0.05, 0.1) is 24.8 Å². The Kier molecular flexibility index (Phi) is 8.02. The molecule has 1 unspecified atom stereocenters. The van der Waals surface area contributed by atoms with Gasteiger partial charge in [-0.15, -0.1) is 0 Å². The maximum absolute atomic E-state index is 13.2. The number of nitrogens with zero attached hydrogens (tertiary/aromatic N) is 1. The first-order valence-corrected chi connectivity index (χ1v) is 11.9. The Balaban J connectivity index is 2.14. The standard InChI is InChI=1S/C28H35NO5/c1-7-8-15-29-25(19-9-12-21(13-10-19)34-18(4)5)24(27(31)28(29)32)26(30)20-11-14-23(33-6)22(16-20)17(2)3/h9-14,16-18,25,30H,7-8,15H2,1-6H3/b26-24-. The highest BCUT2D eigenvalue weighted by molar-refractivity contribution is 6.46. The first-order valence-electron chi connectivity index (χ1n) is 11.9. The van der Waals surface area contributed by atoms with E-state index in [1.54, 1.807) is 24.1 Å². The number of ketones is 1. The molecule has 1 amide bonds. The predicted molar refractivity (Wildman–Crippen MR) is 133 cm³/mol. The van der Waals surface area contributed by atoms with Gasteiger partial charge in [-0.3, -0.25) is 9.59 Å². The van der Waals surface area contributed by atoms with Crippen molar-refractivity contribution in [1.82, 2.24) is 4.90 Å². The van der Waals surface area contributed by atoms with Crippen molar-refractivity contribution in [3.63, 3.8) is 0 Å². The molecule has 3 rings (SSSR count). The molecule has 1 fully saturated rings. The van der Waals surface area contributed by atoms with E-state index in [0.717, 1.165) is 24.0 Å². The third-order valence-corrected chi connectivity index (χ3v) is 5.99. The smallest absolute Gasteiger partial charge is 0.295 e. The molecule has 6 heteroatoms. The summed E-state index contributed by atoms with van der Waals surface area (Å²) in [6.45, 7) is 10.4. The Hall–Kier alpha value is -3.28. The van der Waals surface area contributed by atoms with Gasteiger partial charge in [0, 0.05) is 12.1 Å². The summed E-state index contributed by atoms with van der Waals surface area (Å²) in [4.78, 5) is 27.8. The van der Waals surface area contributed by atoms with Crippen LogP contribution in [0.5, 0.6) is 11.5 Å². The molecule has 0 spiro atoms. The molecule has 6 nitrogen and oxygen atoms in total. The minimum Gasteiger partial charge on any atom is -0.507 e. The largest absolute Gasteiger partial charge is 0.507 e. The van der Waals surface area contributed by atoms with Crippen molar-refractivity contribution in [1.29, 1.82) is 0 Å². The lowest BCUT2D eigenvalue weighted by Crippen LogP contribution is -2.30.